The number of benzene rings is 2. The van der Waals surface area contributed by atoms with Crippen molar-refractivity contribution in [2.24, 2.45) is 5.92 Å². The molecule has 26 heavy (non-hydrogen) atoms. The third-order valence-electron chi connectivity index (χ3n) is 4.27. The van der Waals surface area contributed by atoms with Gasteiger partial charge in [0.1, 0.15) is 5.82 Å². The van der Waals surface area contributed by atoms with Crippen LogP contribution in [0.15, 0.2) is 59.5 Å². The number of amides is 2. The van der Waals surface area contributed by atoms with Crippen molar-refractivity contribution in [3.05, 3.63) is 60.4 Å². The smallest absolute Gasteiger partial charge is 0.227 e. The number of nitrogens with zero attached hydrogens (tertiary/aromatic N) is 1. The summed E-state index contributed by atoms with van der Waals surface area (Å²) >= 11 is 1.75. The molecular formula is C20H21FN2O2S. The molecule has 0 unspecified atom stereocenters. The van der Waals surface area contributed by atoms with Crippen LogP contribution in [0.5, 0.6) is 0 Å². The number of rotatable bonds is 7. The molecule has 2 aromatic carbocycles. The van der Waals surface area contributed by atoms with Crippen LogP contribution in [-0.2, 0) is 9.59 Å². The summed E-state index contributed by atoms with van der Waals surface area (Å²) in [5.41, 5.74) is 0.243. The van der Waals surface area contributed by atoms with E-state index >= 15 is 0 Å². The number of nitrogens with one attached hydrogen (secondary N) is 1. The summed E-state index contributed by atoms with van der Waals surface area (Å²) < 4.78 is 13.9. The lowest BCUT2D eigenvalue weighted by Crippen LogP contribution is -2.33. The van der Waals surface area contributed by atoms with Gasteiger partial charge in [0.25, 0.3) is 0 Å². The van der Waals surface area contributed by atoms with Crippen molar-refractivity contribution >= 4 is 29.3 Å². The lowest BCUT2D eigenvalue weighted by atomic mass is 10.1. The molecule has 0 bridgehead atoms. The Bertz CT molecular complexity index is 769. The van der Waals surface area contributed by atoms with Crippen molar-refractivity contribution < 1.29 is 14.0 Å². The maximum Gasteiger partial charge on any atom is 0.227 e. The van der Waals surface area contributed by atoms with E-state index in [2.05, 4.69) is 17.4 Å². The Balaban J connectivity index is 1.43. The molecule has 3 rings (SSSR count). The van der Waals surface area contributed by atoms with Crippen molar-refractivity contribution in [2.75, 3.05) is 23.7 Å². The molecule has 0 spiro atoms. The van der Waals surface area contributed by atoms with Crippen molar-refractivity contribution in [1.29, 1.82) is 0 Å². The van der Waals surface area contributed by atoms with E-state index in [0.717, 1.165) is 12.2 Å². The average Bonchev–Trinajstić information content (AvgIpc) is 3.04. The zero-order valence-corrected chi connectivity index (χ0v) is 15.2. The van der Waals surface area contributed by atoms with Gasteiger partial charge in [-0.3, -0.25) is 9.59 Å². The Morgan fingerprint density at radius 1 is 1.15 bits per heavy atom. The van der Waals surface area contributed by atoms with Gasteiger partial charge in [0.2, 0.25) is 11.8 Å². The summed E-state index contributed by atoms with van der Waals surface area (Å²) in [5.74, 6) is -0.310. The number of hydrogen-bond acceptors (Lipinski definition) is 3. The monoisotopic (exact) mass is 372 g/mol. The van der Waals surface area contributed by atoms with Crippen LogP contribution in [0.3, 0.4) is 0 Å². The molecule has 0 radical (unpaired) electrons. The highest BCUT2D eigenvalue weighted by atomic mass is 32.2. The highest BCUT2D eigenvalue weighted by molar-refractivity contribution is 7.99. The first-order chi connectivity index (χ1) is 12.6. The number of halogens is 1. The van der Waals surface area contributed by atoms with Crippen LogP contribution in [0.2, 0.25) is 0 Å². The van der Waals surface area contributed by atoms with E-state index in [0.29, 0.717) is 6.54 Å². The molecule has 136 valence electrons. The zero-order chi connectivity index (χ0) is 18.4. The van der Waals surface area contributed by atoms with Crippen LogP contribution in [0.1, 0.15) is 12.8 Å². The van der Waals surface area contributed by atoms with E-state index in [1.807, 2.05) is 18.2 Å². The zero-order valence-electron chi connectivity index (χ0n) is 14.4. The third-order valence-corrected chi connectivity index (χ3v) is 5.37. The van der Waals surface area contributed by atoms with Gasteiger partial charge in [-0.15, -0.1) is 11.8 Å². The molecular weight excluding hydrogens is 351 g/mol. The number of thioether (sulfide) groups is 1. The molecule has 0 aliphatic carbocycles. The molecule has 1 fully saturated rings. The summed E-state index contributed by atoms with van der Waals surface area (Å²) in [6.45, 7) is 0.799. The van der Waals surface area contributed by atoms with Crippen LogP contribution >= 0.6 is 11.8 Å². The molecule has 1 atom stereocenters. The molecule has 1 saturated heterocycles. The summed E-state index contributed by atoms with van der Waals surface area (Å²) in [7, 11) is 0. The average molecular weight is 372 g/mol. The van der Waals surface area contributed by atoms with Gasteiger partial charge in [-0.1, -0.05) is 30.3 Å². The van der Waals surface area contributed by atoms with Gasteiger partial charge in [-0.2, -0.15) is 0 Å². The van der Waals surface area contributed by atoms with Crippen LogP contribution in [0.4, 0.5) is 10.1 Å². The maximum atomic E-state index is 13.9. The quantitative estimate of drug-likeness (QED) is 0.598. The van der Waals surface area contributed by atoms with Gasteiger partial charge in [-0.25, -0.2) is 4.39 Å². The normalized spacial score (nSPS) is 16.7. The maximum absolute atomic E-state index is 13.9. The fraction of sp³-hybridized carbons (Fsp3) is 0.300. The Labute approximate surface area is 156 Å². The topological polar surface area (TPSA) is 49.4 Å². The predicted molar refractivity (Wildman–Crippen MR) is 102 cm³/mol. The Kier molecular flexibility index (Phi) is 6.28. The minimum Gasteiger partial charge on any atom is -0.356 e. The minimum absolute atomic E-state index is 0.124. The third kappa shape index (κ3) is 4.64. The van der Waals surface area contributed by atoms with E-state index in [-0.39, 0.29) is 30.5 Å². The molecule has 2 aromatic rings. The predicted octanol–water partition coefficient (Wildman–Crippen LogP) is 3.48. The van der Waals surface area contributed by atoms with Gasteiger partial charge in [-0.05, 0) is 36.4 Å². The number of carbonyl (C=O) groups is 2. The van der Waals surface area contributed by atoms with Crippen molar-refractivity contribution in [3.8, 4) is 0 Å². The molecule has 0 aromatic heterocycles. The largest absolute Gasteiger partial charge is 0.356 e. The first-order valence-electron chi connectivity index (χ1n) is 8.65. The lowest BCUT2D eigenvalue weighted by Gasteiger charge is -2.17. The minimum atomic E-state index is -0.445. The van der Waals surface area contributed by atoms with Crippen LogP contribution in [0, 0.1) is 11.7 Å². The summed E-state index contributed by atoms with van der Waals surface area (Å²) in [4.78, 5) is 27.0. The molecule has 1 aliphatic rings. The molecule has 1 heterocycles. The first-order valence-corrected chi connectivity index (χ1v) is 9.64. The second-order valence-corrected chi connectivity index (χ2v) is 7.33. The van der Waals surface area contributed by atoms with Gasteiger partial charge < -0.3 is 10.2 Å². The molecule has 0 saturated carbocycles. The standard InChI is InChI=1S/C20H21FN2O2S/c21-17-9-4-5-10-18(17)23-14-15(13-19(23)24)20(25)22-11-6-12-26-16-7-2-1-3-8-16/h1-5,7-10,15H,6,11-14H2,(H,22,25)/t15-/m1/s1. The number of para-hydroxylation sites is 1. The SMILES string of the molecule is O=C(NCCCSc1ccccc1)[C@@H]1CC(=O)N(c2ccccc2F)C1. The van der Waals surface area contributed by atoms with Crippen molar-refractivity contribution in [2.45, 2.75) is 17.7 Å². The van der Waals surface area contributed by atoms with E-state index in [4.69, 9.17) is 0 Å². The summed E-state index contributed by atoms with van der Waals surface area (Å²) in [6.07, 6.45) is 0.974. The first kappa shape index (κ1) is 18.5. The molecule has 4 nitrogen and oxygen atoms in total. The molecule has 1 aliphatic heterocycles. The van der Waals surface area contributed by atoms with Crippen LogP contribution in [0.25, 0.3) is 0 Å². The van der Waals surface area contributed by atoms with Crippen LogP contribution in [-0.4, -0.2) is 30.7 Å². The fourth-order valence-electron chi connectivity index (χ4n) is 2.92. The van der Waals surface area contributed by atoms with Gasteiger partial charge in [0, 0.05) is 24.4 Å². The van der Waals surface area contributed by atoms with E-state index in [9.17, 15) is 14.0 Å². The van der Waals surface area contributed by atoms with E-state index in [1.165, 1.54) is 15.9 Å². The van der Waals surface area contributed by atoms with Crippen molar-refractivity contribution in [3.63, 3.8) is 0 Å². The second-order valence-electron chi connectivity index (χ2n) is 6.16. The second kappa shape index (κ2) is 8.85. The Hall–Kier alpha value is -2.34. The fourth-order valence-corrected chi connectivity index (χ4v) is 3.80. The van der Waals surface area contributed by atoms with E-state index < -0.39 is 11.7 Å². The van der Waals surface area contributed by atoms with Gasteiger partial charge in [0.05, 0.1) is 11.6 Å². The summed E-state index contributed by atoms with van der Waals surface area (Å²) in [6, 6.07) is 16.3. The highest BCUT2D eigenvalue weighted by Gasteiger charge is 2.35. The number of anilines is 1. The lowest BCUT2D eigenvalue weighted by molar-refractivity contribution is -0.126. The molecule has 6 heteroatoms. The Morgan fingerprint density at radius 3 is 2.65 bits per heavy atom. The molecule has 1 N–H and O–H groups in total. The van der Waals surface area contributed by atoms with E-state index in [1.54, 1.807) is 30.0 Å². The van der Waals surface area contributed by atoms with Crippen LogP contribution < -0.4 is 10.2 Å². The number of hydrogen-bond donors (Lipinski definition) is 1. The Morgan fingerprint density at radius 2 is 1.88 bits per heavy atom. The molecule has 2 amide bonds. The van der Waals surface area contributed by atoms with Gasteiger partial charge in [0.15, 0.2) is 0 Å². The van der Waals surface area contributed by atoms with Crippen molar-refractivity contribution in [1.82, 2.24) is 5.32 Å². The number of carbonyl (C=O) groups excluding carboxylic acids is 2. The summed E-state index contributed by atoms with van der Waals surface area (Å²) in [5, 5.41) is 2.89. The van der Waals surface area contributed by atoms with Gasteiger partial charge >= 0.3 is 0 Å². The highest BCUT2D eigenvalue weighted by Crippen LogP contribution is 2.27.